The first-order valence-electron chi connectivity index (χ1n) is 7.94. The monoisotopic (exact) mass is 342 g/mol. The zero-order chi connectivity index (χ0) is 17.8. The molecule has 0 aliphatic carbocycles. The number of morpholine rings is 1. The highest BCUT2D eigenvalue weighted by Crippen LogP contribution is 2.23. The molecule has 2 unspecified atom stereocenters. The zero-order valence-corrected chi connectivity index (χ0v) is 14.0. The van der Waals surface area contributed by atoms with E-state index >= 15 is 0 Å². The number of aromatic nitrogens is 2. The molecule has 1 amide bonds. The summed E-state index contributed by atoms with van der Waals surface area (Å²) in [5.41, 5.74) is 0.392. The molecule has 2 aromatic rings. The lowest BCUT2D eigenvalue weighted by Crippen LogP contribution is -2.47. The summed E-state index contributed by atoms with van der Waals surface area (Å²) in [7, 11) is 0. The van der Waals surface area contributed by atoms with Gasteiger partial charge in [-0.05, 0) is 19.1 Å². The molecule has 0 N–H and O–H groups in total. The number of para-hydroxylation sites is 1. The fourth-order valence-electron chi connectivity index (χ4n) is 2.60. The molecule has 2 heterocycles. The molecule has 0 radical (unpaired) electrons. The summed E-state index contributed by atoms with van der Waals surface area (Å²) >= 11 is 0. The Balaban J connectivity index is 1.66. The van der Waals surface area contributed by atoms with Crippen LogP contribution in [0.1, 0.15) is 30.4 Å². The second kappa shape index (κ2) is 7.32. The van der Waals surface area contributed by atoms with E-state index in [-0.39, 0.29) is 5.91 Å². The number of benzene rings is 1. The van der Waals surface area contributed by atoms with Crippen molar-refractivity contribution in [1.29, 1.82) is 5.26 Å². The maximum absolute atomic E-state index is 12.7. The first-order chi connectivity index (χ1) is 12.1. The lowest BCUT2D eigenvalue weighted by molar-refractivity contribution is -0.146. The van der Waals surface area contributed by atoms with E-state index < -0.39 is 12.2 Å². The van der Waals surface area contributed by atoms with Gasteiger partial charge in [-0.1, -0.05) is 12.1 Å². The Kier molecular flexibility index (Phi) is 4.95. The number of aryl methyl sites for hydroxylation is 1. The Bertz CT molecular complexity index is 798. The van der Waals surface area contributed by atoms with Crippen molar-refractivity contribution < 1.29 is 18.7 Å². The largest absolute Gasteiger partial charge is 0.480 e. The molecule has 1 saturated heterocycles. The fraction of sp³-hybridized carbons (Fsp3) is 0.412. The maximum Gasteiger partial charge on any atom is 0.263 e. The lowest BCUT2D eigenvalue weighted by Gasteiger charge is -2.33. The third kappa shape index (κ3) is 3.78. The highest BCUT2D eigenvalue weighted by molar-refractivity contribution is 5.81. The molecule has 0 bridgehead atoms. The van der Waals surface area contributed by atoms with E-state index in [0.29, 0.717) is 42.8 Å². The van der Waals surface area contributed by atoms with Gasteiger partial charge in [-0.15, -0.1) is 10.2 Å². The smallest absolute Gasteiger partial charge is 0.263 e. The number of rotatable bonds is 4. The number of hydrogen-bond donors (Lipinski definition) is 0. The number of carbonyl (C=O) groups excluding carboxylic acids is 1. The van der Waals surface area contributed by atoms with Gasteiger partial charge in [0, 0.05) is 13.5 Å². The number of nitriles is 1. The highest BCUT2D eigenvalue weighted by atomic mass is 16.5. The molecule has 0 saturated carbocycles. The molecular formula is C17H18N4O4. The van der Waals surface area contributed by atoms with E-state index in [4.69, 9.17) is 19.2 Å². The Morgan fingerprint density at radius 2 is 2.24 bits per heavy atom. The summed E-state index contributed by atoms with van der Waals surface area (Å²) < 4.78 is 16.7. The number of carbonyl (C=O) groups is 1. The van der Waals surface area contributed by atoms with Crippen LogP contribution in [0.15, 0.2) is 28.7 Å². The van der Waals surface area contributed by atoms with Crippen LogP contribution < -0.4 is 4.74 Å². The molecule has 1 fully saturated rings. The average Bonchev–Trinajstić information content (AvgIpc) is 3.08. The summed E-state index contributed by atoms with van der Waals surface area (Å²) in [6.45, 7) is 4.51. The Hall–Kier alpha value is -2.92. The molecule has 1 aromatic heterocycles. The SMILES string of the molecule is Cc1nnc(C2CN(C(=O)C(C)Oc3ccccc3C#N)CCO2)o1. The van der Waals surface area contributed by atoms with Crippen LogP contribution in [0, 0.1) is 18.3 Å². The van der Waals surface area contributed by atoms with Gasteiger partial charge in [0.05, 0.1) is 18.7 Å². The van der Waals surface area contributed by atoms with E-state index in [0.717, 1.165) is 0 Å². The zero-order valence-electron chi connectivity index (χ0n) is 14.0. The fourth-order valence-corrected chi connectivity index (χ4v) is 2.60. The number of amides is 1. The minimum Gasteiger partial charge on any atom is -0.480 e. The van der Waals surface area contributed by atoms with Crippen LogP contribution in [0.2, 0.25) is 0 Å². The van der Waals surface area contributed by atoms with Gasteiger partial charge in [-0.2, -0.15) is 5.26 Å². The van der Waals surface area contributed by atoms with Gasteiger partial charge in [-0.3, -0.25) is 4.79 Å². The Morgan fingerprint density at radius 3 is 2.96 bits per heavy atom. The van der Waals surface area contributed by atoms with Gasteiger partial charge >= 0.3 is 0 Å². The average molecular weight is 342 g/mol. The predicted octanol–water partition coefficient (Wildman–Crippen LogP) is 1.62. The molecule has 1 aliphatic rings. The maximum atomic E-state index is 12.7. The van der Waals surface area contributed by atoms with Crippen molar-refractivity contribution in [2.24, 2.45) is 0 Å². The van der Waals surface area contributed by atoms with E-state index in [1.165, 1.54) is 0 Å². The first-order valence-corrected chi connectivity index (χ1v) is 7.94. The van der Waals surface area contributed by atoms with Crippen molar-refractivity contribution in [3.63, 3.8) is 0 Å². The standard InChI is InChI=1S/C17H18N4O4/c1-11(24-14-6-4-3-5-13(14)9-18)17(22)21-7-8-23-15(10-21)16-20-19-12(2)25-16/h3-6,11,15H,7-8,10H2,1-2H3. The molecule has 25 heavy (non-hydrogen) atoms. The van der Waals surface area contributed by atoms with E-state index in [1.807, 2.05) is 0 Å². The van der Waals surface area contributed by atoms with E-state index in [1.54, 1.807) is 43.0 Å². The van der Waals surface area contributed by atoms with Crippen LogP contribution in [0.4, 0.5) is 0 Å². The Labute approximate surface area is 145 Å². The van der Waals surface area contributed by atoms with Crippen molar-refractivity contribution in [1.82, 2.24) is 15.1 Å². The molecule has 0 spiro atoms. The van der Waals surface area contributed by atoms with Gasteiger partial charge in [0.25, 0.3) is 5.91 Å². The van der Waals surface area contributed by atoms with Crippen molar-refractivity contribution in [3.8, 4) is 11.8 Å². The van der Waals surface area contributed by atoms with Crippen molar-refractivity contribution >= 4 is 5.91 Å². The minimum atomic E-state index is -0.724. The third-order valence-corrected chi connectivity index (χ3v) is 3.85. The van der Waals surface area contributed by atoms with Gasteiger partial charge < -0.3 is 18.8 Å². The summed E-state index contributed by atoms with van der Waals surface area (Å²) in [4.78, 5) is 14.3. The molecule has 8 heteroatoms. The predicted molar refractivity (Wildman–Crippen MR) is 85.6 cm³/mol. The minimum absolute atomic E-state index is 0.183. The highest BCUT2D eigenvalue weighted by Gasteiger charge is 2.31. The van der Waals surface area contributed by atoms with Crippen LogP contribution in [-0.2, 0) is 9.53 Å². The molecule has 8 nitrogen and oxygen atoms in total. The number of hydrogen-bond acceptors (Lipinski definition) is 7. The molecule has 1 aromatic carbocycles. The summed E-state index contributed by atoms with van der Waals surface area (Å²) in [5.74, 6) is 1.02. The quantitative estimate of drug-likeness (QED) is 0.832. The molecular weight excluding hydrogens is 324 g/mol. The van der Waals surface area contributed by atoms with Gasteiger partial charge in [0.2, 0.25) is 11.8 Å². The van der Waals surface area contributed by atoms with Crippen LogP contribution in [-0.4, -0.2) is 46.8 Å². The van der Waals surface area contributed by atoms with Crippen LogP contribution >= 0.6 is 0 Å². The van der Waals surface area contributed by atoms with Crippen LogP contribution in [0.3, 0.4) is 0 Å². The summed E-state index contributed by atoms with van der Waals surface area (Å²) in [5, 5.41) is 16.9. The third-order valence-electron chi connectivity index (χ3n) is 3.85. The first kappa shape index (κ1) is 16.9. The van der Waals surface area contributed by atoms with Crippen LogP contribution in [0.25, 0.3) is 0 Å². The molecule has 1 aliphatic heterocycles. The topological polar surface area (TPSA) is 101 Å². The second-order valence-electron chi connectivity index (χ2n) is 5.67. The van der Waals surface area contributed by atoms with Crippen LogP contribution in [0.5, 0.6) is 5.75 Å². The van der Waals surface area contributed by atoms with Crippen molar-refractivity contribution in [3.05, 3.63) is 41.6 Å². The second-order valence-corrected chi connectivity index (χ2v) is 5.67. The molecule has 3 rings (SSSR count). The van der Waals surface area contributed by atoms with Gasteiger partial charge in [-0.25, -0.2) is 0 Å². The Morgan fingerprint density at radius 1 is 1.44 bits per heavy atom. The van der Waals surface area contributed by atoms with Crippen molar-refractivity contribution in [2.75, 3.05) is 19.7 Å². The summed E-state index contributed by atoms with van der Waals surface area (Å²) in [6, 6.07) is 8.88. The van der Waals surface area contributed by atoms with Gasteiger partial charge in [0.1, 0.15) is 11.8 Å². The van der Waals surface area contributed by atoms with E-state index in [2.05, 4.69) is 16.3 Å². The number of ether oxygens (including phenoxy) is 2. The number of nitrogens with zero attached hydrogens (tertiary/aromatic N) is 4. The normalized spacial score (nSPS) is 18.4. The summed E-state index contributed by atoms with van der Waals surface area (Å²) in [6.07, 6.45) is -1.17. The molecule has 130 valence electrons. The molecule has 2 atom stereocenters. The lowest BCUT2D eigenvalue weighted by atomic mass is 10.2. The van der Waals surface area contributed by atoms with Gasteiger partial charge in [0.15, 0.2) is 12.2 Å². The van der Waals surface area contributed by atoms with E-state index in [9.17, 15) is 4.79 Å². The van der Waals surface area contributed by atoms with Crippen molar-refractivity contribution in [2.45, 2.75) is 26.1 Å².